The highest BCUT2D eigenvalue weighted by atomic mass is 32.2. The van der Waals surface area contributed by atoms with Gasteiger partial charge in [-0.05, 0) is 48.1 Å². The minimum absolute atomic E-state index is 0.0123. The van der Waals surface area contributed by atoms with E-state index < -0.39 is 28.1 Å². The molecule has 8 heteroatoms. The lowest BCUT2D eigenvalue weighted by Gasteiger charge is -2.27. The van der Waals surface area contributed by atoms with Crippen LogP contribution in [-0.4, -0.2) is 50.9 Å². The molecule has 0 aliphatic carbocycles. The third kappa shape index (κ3) is 8.15. The smallest absolute Gasteiger partial charge is 0.253 e. The molecule has 0 spiro atoms. The zero-order chi connectivity index (χ0) is 27.5. The van der Waals surface area contributed by atoms with Gasteiger partial charge in [0.1, 0.15) is 0 Å². The van der Waals surface area contributed by atoms with Gasteiger partial charge in [0.05, 0.1) is 29.1 Å². The van der Waals surface area contributed by atoms with Crippen molar-refractivity contribution in [2.24, 2.45) is 0 Å². The van der Waals surface area contributed by atoms with Crippen molar-refractivity contribution in [1.82, 2.24) is 10.6 Å². The lowest BCUT2D eigenvalue weighted by atomic mass is 10.00. The molecule has 2 atom stereocenters. The van der Waals surface area contributed by atoms with E-state index in [1.807, 2.05) is 42.5 Å². The molecule has 3 N–H and O–H groups in total. The van der Waals surface area contributed by atoms with Crippen molar-refractivity contribution >= 4 is 21.6 Å². The largest absolute Gasteiger partial charge is 0.390 e. The molecular formula is C30H39N3O4S. The van der Waals surface area contributed by atoms with Crippen LogP contribution in [0, 0.1) is 0 Å². The number of sulfonamides is 1. The number of aliphatic hydroxyl groups excluding tert-OH is 1. The van der Waals surface area contributed by atoms with Crippen molar-refractivity contribution in [2.45, 2.75) is 51.8 Å². The van der Waals surface area contributed by atoms with Gasteiger partial charge < -0.3 is 15.7 Å². The number of anilines is 1. The molecule has 0 radical (unpaired) electrons. The molecule has 38 heavy (non-hydrogen) atoms. The van der Waals surface area contributed by atoms with Crippen molar-refractivity contribution < 1.29 is 18.3 Å². The van der Waals surface area contributed by atoms with Crippen molar-refractivity contribution in [3.63, 3.8) is 0 Å². The first-order valence-electron chi connectivity index (χ1n) is 13.1. The van der Waals surface area contributed by atoms with Gasteiger partial charge in [0.25, 0.3) is 5.91 Å². The van der Waals surface area contributed by atoms with E-state index >= 15 is 0 Å². The first-order valence-corrected chi connectivity index (χ1v) is 14.7. The molecule has 0 aliphatic rings. The number of hydrogen-bond acceptors (Lipinski definition) is 5. The Morgan fingerprint density at radius 2 is 1.58 bits per heavy atom. The number of nitrogens with one attached hydrogen (secondary N) is 2. The highest BCUT2D eigenvalue weighted by Gasteiger charge is 2.26. The van der Waals surface area contributed by atoms with Crippen LogP contribution in [0.2, 0.25) is 0 Å². The van der Waals surface area contributed by atoms with Crippen LogP contribution >= 0.6 is 0 Å². The topological polar surface area (TPSA) is 98.7 Å². The minimum Gasteiger partial charge on any atom is -0.390 e. The predicted molar refractivity (Wildman–Crippen MR) is 154 cm³/mol. The third-order valence-electron chi connectivity index (χ3n) is 6.53. The summed E-state index contributed by atoms with van der Waals surface area (Å²) in [6.45, 7) is 4.79. The maximum Gasteiger partial charge on any atom is 0.253 e. The molecule has 0 aromatic heterocycles. The summed E-state index contributed by atoms with van der Waals surface area (Å²) in [5, 5.41) is 17.4. The number of rotatable bonds is 14. The van der Waals surface area contributed by atoms with E-state index in [2.05, 4.69) is 29.7 Å². The van der Waals surface area contributed by atoms with Gasteiger partial charge >= 0.3 is 0 Å². The summed E-state index contributed by atoms with van der Waals surface area (Å²) < 4.78 is 26.6. The summed E-state index contributed by atoms with van der Waals surface area (Å²) in [7, 11) is -2.10. The summed E-state index contributed by atoms with van der Waals surface area (Å²) in [5.74, 6) is -0.448. The molecule has 3 rings (SSSR count). The molecule has 0 fully saturated rings. The standard InChI is InChI=1S/C30H39N3O4S/c1-4-18-38(36,37)33(3)28-17-10-9-16-26(28)30(35)32-27(20-24-12-7-6-8-13-24)29(34)22-31-21-25-15-11-14-23(5-2)19-25/h6-17,19,27,29,31,34H,4-5,18,20-22H2,1-3H3,(H,32,35). The van der Waals surface area contributed by atoms with Crippen LogP contribution in [0.25, 0.3) is 0 Å². The summed E-state index contributed by atoms with van der Waals surface area (Å²) in [5.41, 5.74) is 3.90. The lowest BCUT2D eigenvalue weighted by Crippen LogP contribution is -2.49. The van der Waals surface area contributed by atoms with E-state index in [4.69, 9.17) is 0 Å². The Kier molecular flexibility index (Phi) is 10.9. The van der Waals surface area contributed by atoms with Gasteiger partial charge in [0.15, 0.2) is 0 Å². The van der Waals surface area contributed by atoms with Crippen molar-refractivity contribution in [2.75, 3.05) is 23.7 Å². The Bertz CT molecular complexity index is 1280. The second kappa shape index (κ2) is 14.1. The molecule has 7 nitrogen and oxygen atoms in total. The SMILES string of the molecule is CCCS(=O)(=O)N(C)c1ccccc1C(=O)NC(Cc1ccccc1)C(O)CNCc1cccc(CC)c1. The average Bonchev–Trinajstić information content (AvgIpc) is 2.92. The van der Waals surface area contributed by atoms with Gasteiger partial charge in [-0.25, -0.2) is 8.42 Å². The Balaban J connectivity index is 1.77. The Hall–Kier alpha value is -3.20. The van der Waals surface area contributed by atoms with Gasteiger partial charge in [-0.1, -0.05) is 80.6 Å². The molecule has 1 amide bonds. The number of carbonyl (C=O) groups excluding carboxylic acids is 1. The van der Waals surface area contributed by atoms with Crippen molar-refractivity contribution in [3.05, 3.63) is 101 Å². The summed E-state index contributed by atoms with van der Waals surface area (Å²) >= 11 is 0. The number of carbonyl (C=O) groups is 1. The molecule has 204 valence electrons. The van der Waals surface area contributed by atoms with E-state index in [1.54, 1.807) is 31.2 Å². The molecule has 0 aliphatic heterocycles. The van der Waals surface area contributed by atoms with E-state index in [9.17, 15) is 18.3 Å². The van der Waals surface area contributed by atoms with Crippen molar-refractivity contribution in [3.8, 4) is 0 Å². The van der Waals surface area contributed by atoms with Gasteiger partial charge in [-0.3, -0.25) is 9.10 Å². The monoisotopic (exact) mass is 537 g/mol. The van der Waals surface area contributed by atoms with Crippen LogP contribution < -0.4 is 14.9 Å². The molecular weight excluding hydrogens is 498 g/mol. The lowest BCUT2D eigenvalue weighted by molar-refractivity contribution is 0.0830. The van der Waals surface area contributed by atoms with E-state index in [0.717, 1.165) is 17.5 Å². The highest BCUT2D eigenvalue weighted by Crippen LogP contribution is 2.23. The first-order chi connectivity index (χ1) is 18.2. The summed E-state index contributed by atoms with van der Waals surface area (Å²) in [4.78, 5) is 13.5. The maximum absolute atomic E-state index is 13.5. The van der Waals surface area contributed by atoms with Gasteiger partial charge in [-0.15, -0.1) is 0 Å². The quantitative estimate of drug-likeness (QED) is 0.290. The van der Waals surface area contributed by atoms with E-state index in [-0.39, 0.29) is 17.9 Å². The highest BCUT2D eigenvalue weighted by molar-refractivity contribution is 7.92. The maximum atomic E-state index is 13.5. The number of nitrogens with zero attached hydrogens (tertiary/aromatic N) is 1. The van der Waals surface area contributed by atoms with Crippen LogP contribution in [0.5, 0.6) is 0 Å². The Morgan fingerprint density at radius 3 is 2.29 bits per heavy atom. The van der Waals surface area contributed by atoms with E-state index in [1.165, 1.54) is 16.9 Å². The predicted octanol–water partition coefficient (Wildman–Crippen LogP) is 3.92. The van der Waals surface area contributed by atoms with Crippen LogP contribution in [-0.2, 0) is 29.4 Å². The summed E-state index contributed by atoms with van der Waals surface area (Å²) in [6.07, 6.45) is 0.981. The van der Waals surface area contributed by atoms with Gasteiger partial charge in [0.2, 0.25) is 10.0 Å². The van der Waals surface area contributed by atoms with Crippen LogP contribution in [0.15, 0.2) is 78.9 Å². The number of aryl methyl sites for hydroxylation is 1. The third-order valence-corrected chi connectivity index (χ3v) is 8.48. The fourth-order valence-electron chi connectivity index (χ4n) is 4.35. The van der Waals surface area contributed by atoms with Crippen LogP contribution in [0.4, 0.5) is 5.69 Å². The number of para-hydroxylation sites is 1. The van der Waals surface area contributed by atoms with Crippen LogP contribution in [0.3, 0.4) is 0 Å². The first kappa shape index (κ1) is 29.4. The van der Waals surface area contributed by atoms with E-state index in [0.29, 0.717) is 25.1 Å². The second-order valence-electron chi connectivity index (χ2n) is 9.44. The molecule has 2 unspecified atom stereocenters. The zero-order valence-corrected chi connectivity index (χ0v) is 23.2. The summed E-state index contributed by atoms with van der Waals surface area (Å²) in [6, 6.07) is 24.0. The number of amides is 1. The fraction of sp³-hybridized carbons (Fsp3) is 0.367. The normalized spacial score (nSPS) is 13.1. The zero-order valence-electron chi connectivity index (χ0n) is 22.4. The van der Waals surface area contributed by atoms with Gasteiger partial charge in [0, 0.05) is 20.1 Å². The van der Waals surface area contributed by atoms with Gasteiger partial charge in [-0.2, -0.15) is 0 Å². The van der Waals surface area contributed by atoms with Crippen molar-refractivity contribution in [1.29, 1.82) is 0 Å². The molecule has 0 saturated heterocycles. The Morgan fingerprint density at radius 1 is 0.921 bits per heavy atom. The molecule has 0 saturated carbocycles. The minimum atomic E-state index is -3.56. The van der Waals surface area contributed by atoms with Crippen LogP contribution in [0.1, 0.15) is 47.3 Å². The average molecular weight is 538 g/mol. The Labute approximate surface area is 227 Å². The molecule has 3 aromatic carbocycles. The number of aliphatic hydroxyl groups is 1. The fourth-order valence-corrected chi connectivity index (χ4v) is 5.60. The molecule has 0 heterocycles. The second-order valence-corrected chi connectivity index (χ2v) is 11.6. The molecule has 3 aromatic rings. The number of hydrogen-bond donors (Lipinski definition) is 3. The number of benzene rings is 3. The molecule has 0 bridgehead atoms.